The molecule has 14 heteroatoms. The van der Waals surface area contributed by atoms with Gasteiger partial charge in [0, 0.05) is 0 Å². The van der Waals surface area contributed by atoms with E-state index in [9.17, 15) is 17.2 Å². The Labute approximate surface area is 266 Å². The zero-order chi connectivity index (χ0) is 34.1. The maximum absolute atomic E-state index is 15.4. The van der Waals surface area contributed by atoms with E-state index in [4.69, 9.17) is 2.51 Å². The number of hydrogen-bond acceptors (Lipinski definition) is 4. The Bertz CT molecular complexity index is 1450. The van der Waals surface area contributed by atoms with Crippen molar-refractivity contribution >= 4 is 30.4 Å². The summed E-state index contributed by atoms with van der Waals surface area (Å²) >= 11 is -4.24. The van der Waals surface area contributed by atoms with Gasteiger partial charge in [-0.1, -0.05) is 0 Å². The third-order valence-electron chi connectivity index (χ3n) is 8.54. The molecule has 0 unspecified atom stereocenters. The molecule has 2 saturated carbocycles. The second-order valence-electron chi connectivity index (χ2n) is 13.9. The van der Waals surface area contributed by atoms with E-state index in [1.807, 2.05) is 0 Å². The first-order chi connectivity index (χ1) is 20.3. The summed E-state index contributed by atoms with van der Waals surface area (Å²) in [6, 6.07) is 12.2. The van der Waals surface area contributed by atoms with E-state index < -0.39 is 70.0 Å². The SMILES string of the molecule is CC(C)(C)c1ccccc1I(OS(=O)(=O)C(F)(F)C(F)(F)C(F)(F)OC(F)(F)C12CCC(CC1)C2)c1ccccc1C(C)(C)C. The fourth-order valence-corrected chi connectivity index (χ4v) is 14.8. The zero-order valence-corrected chi connectivity index (χ0v) is 28.6. The Morgan fingerprint density at radius 2 is 1.16 bits per heavy atom. The summed E-state index contributed by atoms with van der Waals surface area (Å²) in [5.74, 6) is -7.19. The number of ether oxygens (including phenoxy) is 1. The first-order valence-corrected chi connectivity index (χ1v) is 18.8. The average molecular weight is 785 g/mol. The summed E-state index contributed by atoms with van der Waals surface area (Å²) in [6.07, 6.45) is -12.0. The fourth-order valence-electron chi connectivity index (χ4n) is 6.00. The molecule has 45 heavy (non-hydrogen) atoms. The van der Waals surface area contributed by atoms with E-state index in [0.29, 0.717) is 11.1 Å². The third-order valence-corrected chi connectivity index (χ3v) is 16.2. The minimum absolute atomic E-state index is 0.152. The second-order valence-corrected chi connectivity index (χ2v) is 20.3. The van der Waals surface area contributed by atoms with Gasteiger partial charge in [-0.2, -0.15) is 0 Å². The van der Waals surface area contributed by atoms with Gasteiger partial charge in [0.1, 0.15) is 0 Å². The standard InChI is InChI=1S/C31H37F8IO4S/c1-25(2,3)21-11-7-9-13-23(21)40(24-14-10-8-12-22(24)26(4,5)6)44-45(41,42)31(38,39)28(32,33)30(36,37)43-29(34,35)27-17-15-20(19-27)16-18-27/h7-14,20H,15-19H2,1-6H3. The monoisotopic (exact) mass is 784 g/mol. The van der Waals surface area contributed by atoms with Crippen LogP contribution in [0.5, 0.6) is 0 Å². The molecule has 0 aromatic heterocycles. The van der Waals surface area contributed by atoms with Crippen molar-refractivity contribution in [3.05, 3.63) is 66.8 Å². The van der Waals surface area contributed by atoms with Crippen LogP contribution < -0.4 is 0 Å². The number of rotatable bonds is 10. The van der Waals surface area contributed by atoms with Crippen LogP contribution in [0.15, 0.2) is 48.5 Å². The van der Waals surface area contributed by atoms with Crippen molar-refractivity contribution in [3.63, 3.8) is 0 Å². The molecule has 0 saturated heterocycles. The van der Waals surface area contributed by atoms with E-state index >= 15 is 26.3 Å². The summed E-state index contributed by atoms with van der Waals surface area (Å²) in [4.78, 5) is 0. The summed E-state index contributed by atoms with van der Waals surface area (Å²) in [6.45, 7) is 10.5. The molecule has 254 valence electrons. The molecule has 4 nitrogen and oxygen atoms in total. The fraction of sp³-hybridized carbons (Fsp3) is 0.613. The molecule has 0 spiro atoms. The topological polar surface area (TPSA) is 52.6 Å². The molecule has 0 amide bonds. The van der Waals surface area contributed by atoms with Gasteiger partial charge in [0.15, 0.2) is 0 Å². The van der Waals surface area contributed by atoms with Crippen LogP contribution in [0.1, 0.15) is 84.8 Å². The van der Waals surface area contributed by atoms with Crippen LogP contribution in [0.2, 0.25) is 0 Å². The molecule has 4 rings (SSSR count). The molecule has 0 heterocycles. The molecular weight excluding hydrogens is 747 g/mol. The molecule has 2 fully saturated rings. The van der Waals surface area contributed by atoms with Crippen LogP contribution in [-0.2, 0) is 28.2 Å². The molecule has 0 atom stereocenters. The molecule has 2 aromatic rings. The molecular formula is C31H37F8IO4S. The molecule has 0 radical (unpaired) electrons. The van der Waals surface area contributed by atoms with Gasteiger partial charge in [0.05, 0.1) is 0 Å². The first kappa shape index (κ1) is 36.3. The van der Waals surface area contributed by atoms with Crippen molar-refractivity contribution in [2.24, 2.45) is 11.3 Å². The Kier molecular flexibility index (Phi) is 9.34. The summed E-state index contributed by atoms with van der Waals surface area (Å²) in [7, 11) is -6.93. The average Bonchev–Trinajstić information content (AvgIpc) is 3.54. The van der Waals surface area contributed by atoms with Gasteiger partial charge in [0.2, 0.25) is 0 Å². The number of hydrogen-bond donors (Lipinski definition) is 0. The van der Waals surface area contributed by atoms with Crippen LogP contribution in [0.3, 0.4) is 0 Å². The van der Waals surface area contributed by atoms with Crippen LogP contribution in [-0.4, -0.2) is 31.8 Å². The van der Waals surface area contributed by atoms with E-state index in [2.05, 4.69) is 4.74 Å². The van der Waals surface area contributed by atoms with Crippen LogP contribution >= 0.6 is 20.2 Å². The number of fused-ring (bicyclic) bond motifs is 2. The quantitative estimate of drug-likeness (QED) is 0.178. The van der Waals surface area contributed by atoms with Gasteiger partial charge in [-0.05, 0) is 0 Å². The second kappa shape index (κ2) is 11.6. The van der Waals surface area contributed by atoms with Gasteiger partial charge in [-0.25, -0.2) is 0 Å². The summed E-state index contributed by atoms with van der Waals surface area (Å²) in [5, 5.41) is -6.67. The molecule has 0 aliphatic heterocycles. The van der Waals surface area contributed by atoms with Gasteiger partial charge in [-0.15, -0.1) is 0 Å². The van der Waals surface area contributed by atoms with Crippen molar-refractivity contribution in [2.75, 3.05) is 0 Å². The van der Waals surface area contributed by atoms with E-state index in [1.54, 1.807) is 65.8 Å². The van der Waals surface area contributed by atoms with E-state index in [1.165, 1.54) is 24.3 Å². The van der Waals surface area contributed by atoms with Crippen molar-refractivity contribution in [2.45, 2.75) is 108 Å². The Balaban J connectivity index is 1.80. The number of alkyl halides is 8. The van der Waals surface area contributed by atoms with Gasteiger partial charge in [-0.3, -0.25) is 0 Å². The zero-order valence-electron chi connectivity index (χ0n) is 25.7. The molecule has 2 bridgehead atoms. The van der Waals surface area contributed by atoms with Gasteiger partial charge in [0.25, 0.3) is 0 Å². The predicted octanol–water partition coefficient (Wildman–Crippen LogP) is 10.1. The summed E-state index contributed by atoms with van der Waals surface area (Å²) in [5.41, 5.74) is -2.73. The Morgan fingerprint density at radius 1 is 0.733 bits per heavy atom. The van der Waals surface area contributed by atoms with Crippen molar-refractivity contribution < 1.29 is 50.8 Å². The molecule has 2 aliphatic carbocycles. The van der Waals surface area contributed by atoms with Crippen molar-refractivity contribution in [3.8, 4) is 0 Å². The van der Waals surface area contributed by atoms with Crippen molar-refractivity contribution in [1.29, 1.82) is 0 Å². The number of halogens is 9. The Hall–Kier alpha value is -1.52. The third kappa shape index (κ3) is 6.38. The predicted molar refractivity (Wildman–Crippen MR) is 162 cm³/mol. The number of benzene rings is 2. The van der Waals surface area contributed by atoms with Crippen LogP contribution in [0.4, 0.5) is 35.1 Å². The van der Waals surface area contributed by atoms with Crippen LogP contribution in [0, 0.1) is 18.5 Å². The first-order valence-electron chi connectivity index (χ1n) is 14.3. The minimum atomic E-state index is -6.94. The van der Waals surface area contributed by atoms with E-state index in [-0.39, 0.29) is 45.2 Å². The normalized spacial score (nSPS) is 22.2. The summed E-state index contributed by atoms with van der Waals surface area (Å²) < 4.78 is 156. The molecule has 2 aliphatic rings. The van der Waals surface area contributed by atoms with Gasteiger partial charge < -0.3 is 0 Å². The van der Waals surface area contributed by atoms with Crippen molar-refractivity contribution in [1.82, 2.24) is 0 Å². The molecule has 2 aromatic carbocycles. The van der Waals surface area contributed by atoms with Gasteiger partial charge >= 0.3 is 267 Å². The maximum atomic E-state index is 15.4. The van der Waals surface area contributed by atoms with E-state index in [0.717, 1.165) is 0 Å². The van der Waals surface area contributed by atoms with Crippen LogP contribution in [0.25, 0.3) is 0 Å². The Morgan fingerprint density at radius 3 is 1.53 bits per heavy atom. The molecule has 0 N–H and O–H groups in total.